The van der Waals surface area contributed by atoms with Crippen LogP contribution in [0.25, 0.3) is 0 Å². The maximum atomic E-state index is 11.3. The topological polar surface area (TPSA) is 102 Å². The summed E-state index contributed by atoms with van der Waals surface area (Å²) in [5.41, 5.74) is 12.3. The van der Waals surface area contributed by atoms with Crippen LogP contribution in [0.3, 0.4) is 0 Å². The van der Waals surface area contributed by atoms with Crippen LogP contribution < -0.4 is 11.5 Å². The van der Waals surface area contributed by atoms with Crippen molar-refractivity contribution in [1.29, 1.82) is 0 Å². The number of anilines is 1. The van der Waals surface area contributed by atoms with E-state index in [1.807, 2.05) is 4.90 Å². The number of benzene rings is 1. The minimum absolute atomic E-state index is 0.166. The molecule has 5 N–H and O–H groups in total. The molecule has 1 aromatic rings. The Bertz CT molecular complexity index is 450. The summed E-state index contributed by atoms with van der Waals surface area (Å²) in [6.07, 6.45) is 0. The minimum Gasteiger partial charge on any atom is -0.508 e. The van der Waals surface area contributed by atoms with Crippen molar-refractivity contribution in [3.63, 3.8) is 0 Å². The Hall–Kier alpha value is -1.79. The van der Waals surface area contributed by atoms with E-state index >= 15 is 0 Å². The van der Waals surface area contributed by atoms with Gasteiger partial charge in [-0.05, 0) is 18.2 Å². The average molecular weight is 251 g/mol. The molecule has 0 aromatic heterocycles. The largest absolute Gasteiger partial charge is 0.508 e. The number of hydrogen-bond acceptors (Lipinski definition) is 5. The van der Waals surface area contributed by atoms with Gasteiger partial charge in [0.05, 0.1) is 13.2 Å². The molecular weight excluding hydrogens is 234 g/mol. The maximum absolute atomic E-state index is 11.3. The predicted octanol–water partition coefficient (Wildman–Crippen LogP) is -0.339. The third kappa shape index (κ3) is 2.72. The van der Waals surface area contributed by atoms with Gasteiger partial charge in [-0.3, -0.25) is 9.69 Å². The molecule has 0 saturated carbocycles. The van der Waals surface area contributed by atoms with Gasteiger partial charge in [0.2, 0.25) is 5.91 Å². The molecule has 1 saturated heterocycles. The Balaban J connectivity index is 2.15. The van der Waals surface area contributed by atoms with E-state index in [1.165, 1.54) is 0 Å². The summed E-state index contributed by atoms with van der Waals surface area (Å²) in [7, 11) is 0. The van der Waals surface area contributed by atoms with Crippen molar-refractivity contribution in [2.45, 2.75) is 12.6 Å². The van der Waals surface area contributed by atoms with Crippen LogP contribution in [-0.4, -0.2) is 41.7 Å². The molecule has 0 aliphatic carbocycles. The number of nitrogens with zero attached hydrogens (tertiary/aromatic N) is 1. The second-order valence-electron chi connectivity index (χ2n) is 4.35. The summed E-state index contributed by atoms with van der Waals surface area (Å²) >= 11 is 0. The molecule has 18 heavy (non-hydrogen) atoms. The van der Waals surface area contributed by atoms with E-state index in [0.717, 1.165) is 0 Å². The SMILES string of the molecule is NC(=O)C1COCCN1Cc1cc(N)ccc1O. The summed E-state index contributed by atoms with van der Waals surface area (Å²) in [6, 6.07) is 4.41. The number of carbonyl (C=O) groups excluding carboxylic acids is 1. The molecule has 1 amide bonds. The first-order valence-electron chi connectivity index (χ1n) is 5.76. The number of carbonyl (C=O) groups is 1. The zero-order valence-corrected chi connectivity index (χ0v) is 10.0. The van der Waals surface area contributed by atoms with Gasteiger partial charge in [-0.25, -0.2) is 0 Å². The number of phenolic OH excluding ortho intramolecular Hbond substituents is 1. The number of primary amides is 1. The first-order chi connectivity index (χ1) is 8.58. The lowest BCUT2D eigenvalue weighted by Crippen LogP contribution is -2.51. The van der Waals surface area contributed by atoms with Crippen LogP contribution in [0.2, 0.25) is 0 Å². The molecule has 1 heterocycles. The van der Waals surface area contributed by atoms with E-state index in [4.69, 9.17) is 16.2 Å². The van der Waals surface area contributed by atoms with Crippen molar-refractivity contribution in [3.8, 4) is 5.75 Å². The molecular formula is C12H17N3O3. The van der Waals surface area contributed by atoms with Crippen molar-refractivity contribution in [1.82, 2.24) is 4.90 Å². The fourth-order valence-electron chi connectivity index (χ4n) is 2.04. The van der Waals surface area contributed by atoms with Crippen LogP contribution in [-0.2, 0) is 16.1 Å². The van der Waals surface area contributed by atoms with Crippen molar-refractivity contribution >= 4 is 11.6 Å². The second kappa shape index (κ2) is 5.24. The average Bonchev–Trinajstić information content (AvgIpc) is 2.34. The molecule has 0 bridgehead atoms. The molecule has 0 spiro atoms. The van der Waals surface area contributed by atoms with Crippen LogP contribution in [0.5, 0.6) is 5.75 Å². The summed E-state index contributed by atoms with van der Waals surface area (Å²) < 4.78 is 5.24. The highest BCUT2D eigenvalue weighted by molar-refractivity contribution is 5.80. The number of nitrogen functional groups attached to an aromatic ring is 1. The molecule has 1 aliphatic heterocycles. The summed E-state index contributed by atoms with van der Waals surface area (Å²) in [4.78, 5) is 13.2. The molecule has 2 rings (SSSR count). The molecule has 1 fully saturated rings. The fraction of sp³-hybridized carbons (Fsp3) is 0.417. The lowest BCUT2D eigenvalue weighted by atomic mass is 10.1. The Morgan fingerprint density at radius 2 is 2.33 bits per heavy atom. The Morgan fingerprint density at radius 1 is 1.56 bits per heavy atom. The first-order valence-corrected chi connectivity index (χ1v) is 5.76. The highest BCUT2D eigenvalue weighted by atomic mass is 16.5. The predicted molar refractivity (Wildman–Crippen MR) is 66.7 cm³/mol. The van der Waals surface area contributed by atoms with E-state index < -0.39 is 11.9 Å². The van der Waals surface area contributed by atoms with Crippen LogP contribution in [0.1, 0.15) is 5.56 Å². The van der Waals surface area contributed by atoms with Crippen LogP contribution in [0.4, 0.5) is 5.69 Å². The minimum atomic E-state index is -0.459. The summed E-state index contributed by atoms with van der Waals surface area (Å²) in [5, 5.41) is 9.76. The third-order valence-corrected chi connectivity index (χ3v) is 3.04. The van der Waals surface area contributed by atoms with Gasteiger partial charge in [0.1, 0.15) is 11.8 Å². The molecule has 1 unspecified atom stereocenters. The monoisotopic (exact) mass is 251 g/mol. The molecule has 1 aromatic carbocycles. The van der Waals surface area contributed by atoms with Gasteiger partial charge in [-0.15, -0.1) is 0 Å². The Kier molecular flexibility index (Phi) is 3.69. The first kappa shape index (κ1) is 12.7. The van der Waals surface area contributed by atoms with Crippen LogP contribution in [0.15, 0.2) is 18.2 Å². The number of nitrogens with two attached hydrogens (primary N) is 2. The van der Waals surface area contributed by atoms with Crippen LogP contribution >= 0.6 is 0 Å². The fourth-order valence-corrected chi connectivity index (χ4v) is 2.04. The van der Waals surface area contributed by atoms with Gasteiger partial charge >= 0.3 is 0 Å². The van der Waals surface area contributed by atoms with Crippen molar-refractivity contribution < 1.29 is 14.6 Å². The van der Waals surface area contributed by atoms with E-state index in [0.29, 0.717) is 37.6 Å². The number of phenols is 1. The molecule has 6 heteroatoms. The van der Waals surface area contributed by atoms with Gasteiger partial charge < -0.3 is 21.3 Å². The lowest BCUT2D eigenvalue weighted by Gasteiger charge is -2.33. The number of amides is 1. The van der Waals surface area contributed by atoms with Gasteiger partial charge in [-0.1, -0.05) is 0 Å². The summed E-state index contributed by atoms with van der Waals surface area (Å²) in [5.74, 6) is -0.253. The van der Waals surface area contributed by atoms with E-state index in [9.17, 15) is 9.90 Å². The summed E-state index contributed by atoms with van der Waals surface area (Å²) in [6.45, 7) is 1.86. The molecule has 1 atom stereocenters. The lowest BCUT2D eigenvalue weighted by molar-refractivity contribution is -0.129. The zero-order chi connectivity index (χ0) is 13.1. The number of rotatable bonds is 3. The normalized spacial score (nSPS) is 20.8. The third-order valence-electron chi connectivity index (χ3n) is 3.04. The van der Waals surface area contributed by atoms with Gasteiger partial charge in [0.25, 0.3) is 0 Å². The van der Waals surface area contributed by atoms with Crippen LogP contribution in [0, 0.1) is 0 Å². The van der Waals surface area contributed by atoms with Gasteiger partial charge in [-0.2, -0.15) is 0 Å². The zero-order valence-electron chi connectivity index (χ0n) is 10.0. The van der Waals surface area contributed by atoms with E-state index in [1.54, 1.807) is 18.2 Å². The van der Waals surface area contributed by atoms with Crippen molar-refractivity contribution in [2.75, 3.05) is 25.5 Å². The van der Waals surface area contributed by atoms with E-state index in [2.05, 4.69) is 0 Å². The maximum Gasteiger partial charge on any atom is 0.237 e. The molecule has 0 radical (unpaired) electrons. The highest BCUT2D eigenvalue weighted by Crippen LogP contribution is 2.23. The number of aromatic hydroxyl groups is 1. The van der Waals surface area contributed by atoms with Gasteiger partial charge in [0.15, 0.2) is 0 Å². The molecule has 6 nitrogen and oxygen atoms in total. The smallest absolute Gasteiger partial charge is 0.237 e. The Labute approximate surface area is 105 Å². The van der Waals surface area contributed by atoms with Crippen molar-refractivity contribution in [2.24, 2.45) is 5.73 Å². The standard InChI is InChI=1S/C12H17N3O3/c13-9-1-2-11(16)8(5-9)6-15-3-4-18-7-10(15)12(14)17/h1-2,5,10,16H,3-4,6-7,13H2,(H2,14,17). The van der Waals surface area contributed by atoms with Crippen molar-refractivity contribution in [3.05, 3.63) is 23.8 Å². The number of hydrogen-bond donors (Lipinski definition) is 3. The van der Waals surface area contributed by atoms with E-state index in [-0.39, 0.29) is 5.75 Å². The molecule has 1 aliphatic rings. The Morgan fingerprint density at radius 3 is 3.06 bits per heavy atom. The number of morpholine rings is 1. The molecule has 98 valence electrons. The quantitative estimate of drug-likeness (QED) is 0.504. The van der Waals surface area contributed by atoms with Gasteiger partial charge in [0, 0.05) is 24.3 Å². The highest BCUT2D eigenvalue weighted by Gasteiger charge is 2.28. The second-order valence-corrected chi connectivity index (χ2v) is 4.35. The number of ether oxygens (including phenoxy) is 1.